The Hall–Kier alpha value is -3.03. The molecule has 138 valence electrons. The van der Waals surface area contributed by atoms with Crippen LogP contribution in [0.3, 0.4) is 0 Å². The molecular weight excluding hydrogens is 338 g/mol. The highest BCUT2D eigenvalue weighted by Crippen LogP contribution is 2.25. The maximum atomic E-state index is 12.0. The number of nitro groups is 1. The molecule has 0 radical (unpaired) electrons. The summed E-state index contributed by atoms with van der Waals surface area (Å²) < 4.78 is 10.6. The van der Waals surface area contributed by atoms with Crippen molar-refractivity contribution in [3.63, 3.8) is 0 Å². The third-order valence-electron chi connectivity index (χ3n) is 3.37. The van der Waals surface area contributed by atoms with Gasteiger partial charge in [0.25, 0.3) is 5.88 Å². The van der Waals surface area contributed by atoms with Gasteiger partial charge in [-0.2, -0.15) is 4.98 Å². The summed E-state index contributed by atoms with van der Waals surface area (Å²) in [6.45, 7) is 5.80. The molecule has 0 amide bonds. The number of nitrogens with zero attached hydrogens (tertiary/aromatic N) is 3. The molecule has 0 aliphatic heterocycles. The SMILES string of the molecule is CCOC(=O)c1nc(OCc2ccccc2)c(CC(C)C)nc1[N+](=O)[O-]. The number of carbonyl (C=O) groups is 1. The summed E-state index contributed by atoms with van der Waals surface area (Å²) in [5.41, 5.74) is 0.795. The van der Waals surface area contributed by atoms with Crippen LogP contribution in [0.25, 0.3) is 0 Å². The molecule has 0 aliphatic rings. The van der Waals surface area contributed by atoms with Gasteiger partial charge in [-0.05, 0) is 28.3 Å². The van der Waals surface area contributed by atoms with Gasteiger partial charge in [0, 0.05) is 6.42 Å². The monoisotopic (exact) mass is 359 g/mol. The number of rotatable bonds is 8. The highest BCUT2D eigenvalue weighted by atomic mass is 16.6. The molecule has 0 saturated carbocycles. The topological polar surface area (TPSA) is 104 Å². The lowest BCUT2D eigenvalue weighted by atomic mass is 10.1. The molecule has 0 fully saturated rings. The van der Waals surface area contributed by atoms with Gasteiger partial charge in [0.2, 0.25) is 11.4 Å². The predicted octanol–water partition coefficient (Wildman–Crippen LogP) is 3.34. The fraction of sp³-hybridized carbons (Fsp3) is 0.389. The number of benzene rings is 1. The Balaban J connectivity index is 2.42. The van der Waals surface area contributed by atoms with E-state index in [1.165, 1.54) is 0 Å². The van der Waals surface area contributed by atoms with E-state index >= 15 is 0 Å². The molecule has 0 saturated heterocycles. The normalized spacial score (nSPS) is 10.6. The lowest BCUT2D eigenvalue weighted by Crippen LogP contribution is -2.16. The van der Waals surface area contributed by atoms with Crippen LogP contribution in [0.5, 0.6) is 5.88 Å². The number of hydrogen-bond acceptors (Lipinski definition) is 7. The number of hydrogen-bond donors (Lipinski definition) is 0. The minimum absolute atomic E-state index is 0.0750. The number of carbonyl (C=O) groups excluding carboxylic acids is 1. The molecule has 26 heavy (non-hydrogen) atoms. The first-order valence-electron chi connectivity index (χ1n) is 8.31. The quantitative estimate of drug-likeness (QED) is 0.404. The van der Waals surface area contributed by atoms with Crippen LogP contribution in [0.15, 0.2) is 30.3 Å². The fourth-order valence-electron chi connectivity index (χ4n) is 2.27. The van der Waals surface area contributed by atoms with E-state index in [2.05, 4.69) is 9.97 Å². The molecule has 8 nitrogen and oxygen atoms in total. The Bertz CT molecular complexity index is 778. The molecule has 0 spiro atoms. The molecule has 2 aromatic rings. The van der Waals surface area contributed by atoms with Crippen molar-refractivity contribution in [3.05, 3.63) is 57.4 Å². The average molecular weight is 359 g/mol. The standard InChI is InChI=1S/C18H21N3O5/c1-4-25-18(22)15-16(21(23)24)19-14(10-12(2)3)17(20-15)26-11-13-8-6-5-7-9-13/h5-9,12H,4,10-11H2,1-3H3. The Morgan fingerprint density at radius 2 is 1.92 bits per heavy atom. The third-order valence-corrected chi connectivity index (χ3v) is 3.37. The zero-order valence-electron chi connectivity index (χ0n) is 15.0. The highest BCUT2D eigenvalue weighted by molar-refractivity contribution is 5.91. The van der Waals surface area contributed by atoms with Crippen molar-refractivity contribution in [2.24, 2.45) is 5.92 Å². The molecule has 2 rings (SSSR count). The zero-order valence-corrected chi connectivity index (χ0v) is 15.0. The second-order valence-corrected chi connectivity index (χ2v) is 6.00. The van der Waals surface area contributed by atoms with E-state index in [1.54, 1.807) is 6.92 Å². The second-order valence-electron chi connectivity index (χ2n) is 6.00. The van der Waals surface area contributed by atoms with Crippen molar-refractivity contribution in [1.29, 1.82) is 0 Å². The zero-order chi connectivity index (χ0) is 19.1. The van der Waals surface area contributed by atoms with Crippen LogP contribution >= 0.6 is 0 Å². The molecular formula is C18H21N3O5. The van der Waals surface area contributed by atoms with Crippen molar-refractivity contribution in [2.75, 3.05) is 6.61 Å². The van der Waals surface area contributed by atoms with Crippen LogP contribution in [0.1, 0.15) is 42.5 Å². The molecule has 0 atom stereocenters. The lowest BCUT2D eigenvalue weighted by Gasteiger charge is -2.11. The first kappa shape index (κ1) is 19.3. The van der Waals surface area contributed by atoms with Gasteiger partial charge in [-0.3, -0.25) is 0 Å². The largest absolute Gasteiger partial charge is 0.470 e. The van der Waals surface area contributed by atoms with Crippen LogP contribution in [-0.2, 0) is 17.8 Å². The molecule has 1 aromatic carbocycles. The van der Waals surface area contributed by atoms with Crippen molar-refractivity contribution >= 4 is 11.8 Å². The number of ether oxygens (including phenoxy) is 2. The van der Waals surface area contributed by atoms with Crippen molar-refractivity contribution < 1.29 is 19.2 Å². The Morgan fingerprint density at radius 3 is 2.50 bits per heavy atom. The summed E-state index contributed by atoms with van der Waals surface area (Å²) in [6, 6.07) is 9.40. The van der Waals surface area contributed by atoms with E-state index in [4.69, 9.17) is 9.47 Å². The molecule has 0 N–H and O–H groups in total. The molecule has 0 bridgehead atoms. The number of aromatic nitrogens is 2. The average Bonchev–Trinajstić information content (AvgIpc) is 2.60. The lowest BCUT2D eigenvalue weighted by molar-refractivity contribution is -0.390. The summed E-state index contributed by atoms with van der Waals surface area (Å²) in [5, 5.41) is 11.3. The van der Waals surface area contributed by atoms with E-state index in [1.807, 2.05) is 44.2 Å². The van der Waals surface area contributed by atoms with Crippen LogP contribution < -0.4 is 4.74 Å². The van der Waals surface area contributed by atoms with Crippen molar-refractivity contribution in [1.82, 2.24) is 9.97 Å². The van der Waals surface area contributed by atoms with Gasteiger partial charge >= 0.3 is 11.8 Å². The van der Waals surface area contributed by atoms with Gasteiger partial charge in [0.15, 0.2) is 0 Å². The Labute approximate surface area is 151 Å². The first-order valence-corrected chi connectivity index (χ1v) is 8.31. The van der Waals surface area contributed by atoms with Gasteiger partial charge < -0.3 is 19.6 Å². The summed E-state index contributed by atoms with van der Waals surface area (Å²) >= 11 is 0. The molecule has 8 heteroatoms. The fourth-order valence-corrected chi connectivity index (χ4v) is 2.27. The van der Waals surface area contributed by atoms with E-state index in [0.29, 0.717) is 12.1 Å². The van der Waals surface area contributed by atoms with Gasteiger partial charge in [0.05, 0.1) is 6.61 Å². The van der Waals surface area contributed by atoms with Crippen LogP contribution in [-0.4, -0.2) is 27.5 Å². The summed E-state index contributed by atoms with van der Waals surface area (Å²) in [7, 11) is 0. The Kier molecular flexibility index (Phi) is 6.60. The second kappa shape index (κ2) is 8.89. The third kappa shape index (κ3) is 4.98. The van der Waals surface area contributed by atoms with Gasteiger partial charge in [-0.25, -0.2) is 4.79 Å². The minimum atomic E-state index is -0.896. The van der Waals surface area contributed by atoms with Gasteiger partial charge in [0.1, 0.15) is 6.61 Å². The minimum Gasteiger partial charge on any atom is -0.470 e. The summed E-state index contributed by atoms with van der Waals surface area (Å²) in [6.07, 6.45) is 0.432. The highest BCUT2D eigenvalue weighted by Gasteiger charge is 2.30. The van der Waals surface area contributed by atoms with E-state index in [9.17, 15) is 14.9 Å². The molecule has 0 unspecified atom stereocenters. The van der Waals surface area contributed by atoms with E-state index in [0.717, 1.165) is 5.56 Å². The molecule has 1 heterocycles. The first-order chi connectivity index (χ1) is 12.4. The van der Waals surface area contributed by atoms with E-state index in [-0.39, 0.29) is 25.0 Å². The maximum absolute atomic E-state index is 12.0. The van der Waals surface area contributed by atoms with Gasteiger partial charge in [-0.15, -0.1) is 0 Å². The van der Waals surface area contributed by atoms with Crippen molar-refractivity contribution in [2.45, 2.75) is 33.8 Å². The van der Waals surface area contributed by atoms with Crippen LogP contribution in [0, 0.1) is 16.0 Å². The van der Waals surface area contributed by atoms with Crippen LogP contribution in [0.2, 0.25) is 0 Å². The van der Waals surface area contributed by atoms with Crippen LogP contribution in [0.4, 0.5) is 5.82 Å². The molecule has 1 aromatic heterocycles. The van der Waals surface area contributed by atoms with Gasteiger partial charge in [-0.1, -0.05) is 44.2 Å². The molecule has 0 aliphatic carbocycles. The Morgan fingerprint density at radius 1 is 1.23 bits per heavy atom. The van der Waals surface area contributed by atoms with Crippen molar-refractivity contribution in [3.8, 4) is 5.88 Å². The van der Waals surface area contributed by atoms with E-state index < -0.39 is 22.4 Å². The smallest absolute Gasteiger partial charge is 0.397 e. The number of esters is 1. The maximum Gasteiger partial charge on any atom is 0.397 e. The summed E-state index contributed by atoms with van der Waals surface area (Å²) in [5.74, 6) is -1.23. The summed E-state index contributed by atoms with van der Waals surface area (Å²) in [4.78, 5) is 30.7. The predicted molar refractivity (Wildman–Crippen MR) is 94.0 cm³/mol.